The van der Waals surface area contributed by atoms with E-state index in [1.54, 1.807) is 24.3 Å². The molecular weight excluding hydrogens is 236 g/mol. The smallest absolute Gasteiger partial charge is 0.339 e. The molecular formula is C12H10N2O4. The predicted molar refractivity (Wildman–Crippen MR) is 62.1 cm³/mol. The summed E-state index contributed by atoms with van der Waals surface area (Å²) in [6, 6.07) is 7.82. The molecule has 1 heterocycles. The molecule has 6 heteroatoms. The van der Waals surface area contributed by atoms with Gasteiger partial charge in [0, 0.05) is 12.3 Å². The molecule has 0 radical (unpaired) electrons. The van der Waals surface area contributed by atoms with Crippen LogP contribution in [0.5, 0.6) is 17.4 Å². The summed E-state index contributed by atoms with van der Waals surface area (Å²) in [5.41, 5.74) is 0.00000283. The normalized spacial score (nSPS) is 9.83. The SMILES string of the molecule is COc1cccc(C(=O)O)c1Oc1cccnn1. The van der Waals surface area contributed by atoms with Gasteiger partial charge in [0.05, 0.1) is 7.11 Å². The summed E-state index contributed by atoms with van der Waals surface area (Å²) >= 11 is 0. The minimum absolute atomic E-state index is 0.00000283. The van der Waals surface area contributed by atoms with Crippen molar-refractivity contribution in [1.29, 1.82) is 0 Å². The zero-order valence-electron chi connectivity index (χ0n) is 9.53. The van der Waals surface area contributed by atoms with Crippen LogP contribution in [0.25, 0.3) is 0 Å². The number of methoxy groups -OCH3 is 1. The molecule has 92 valence electrons. The highest BCUT2D eigenvalue weighted by molar-refractivity contribution is 5.92. The Hall–Kier alpha value is -2.63. The number of ether oxygens (including phenoxy) is 2. The minimum atomic E-state index is -1.10. The largest absolute Gasteiger partial charge is 0.493 e. The Labute approximate surface area is 103 Å². The Morgan fingerprint density at radius 2 is 2.11 bits per heavy atom. The monoisotopic (exact) mass is 246 g/mol. The van der Waals surface area contributed by atoms with Gasteiger partial charge < -0.3 is 14.6 Å². The lowest BCUT2D eigenvalue weighted by molar-refractivity contribution is 0.0693. The van der Waals surface area contributed by atoms with Gasteiger partial charge in [0.25, 0.3) is 0 Å². The van der Waals surface area contributed by atoms with Gasteiger partial charge in [-0.25, -0.2) is 4.79 Å². The molecule has 0 amide bonds. The number of benzene rings is 1. The molecule has 0 atom stereocenters. The molecule has 1 aromatic heterocycles. The van der Waals surface area contributed by atoms with Gasteiger partial charge in [0.1, 0.15) is 5.56 Å². The number of nitrogens with zero attached hydrogens (tertiary/aromatic N) is 2. The van der Waals surface area contributed by atoms with Crippen molar-refractivity contribution in [3.8, 4) is 17.4 Å². The summed E-state index contributed by atoms with van der Waals surface area (Å²) in [6.07, 6.45) is 1.49. The second kappa shape index (κ2) is 5.13. The third-order valence-electron chi connectivity index (χ3n) is 2.18. The number of carboxylic acid groups (broad SMARTS) is 1. The van der Waals surface area contributed by atoms with Crippen molar-refractivity contribution in [3.63, 3.8) is 0 Å². The van der Waals surface area contributed by atoms with E-state index < -0.39 is 5.97 Å². The Bertz CT molecular complexity index is 557. The van der Waals surface area contributed by atoms with Crippen LogP contribution in [0, 0.1) is 0 Å². The third kappa shape index (κ3) is 2.37. The molecule has 2 aromatic rings. The molecule has 0 aliphatic heterocycles. The molecule has 2 rings (SSSR count). The third-order valence-corrected chi connectivity index (χ3v) is 2.18. The van der Waals surface area contributed by atoms with Gasteiger partial charge in [0.15, 0.2) is 11.5 Å². The second-order valence-electron chi connectivity index (χ2n) is 3.31. The highest BCUT2D eigenvalue weighted by Crippen LogP contribution is 2.34. The quantitative estimate of drug-likeness (QED) is 0.888. The van der Waals surface area contributed by atoms with Crippen molar-refractivity contribution in [1.82, 2.24) is 10.2 Å². The Kier molecular flexibility index (Phi) is 3.38. The van der Waals surface area contributed by atoms with Crippen LogP contribution in [-0.2, 0) is 0 Å². The van der Waals surface area contributed by atoms with E-state index in [-0.39, 0.29) is 17.2 Å². The molecule has 0 saturated carbocycles. The number of hydrogen-bond donors (Lipinski definition) is 1. The topological polar surface area (TPSA) is 81.5 Å². The molecule has 0 aliphatic rings. The summed E-state index contributed by atoms with van der Waals surface area (Å²) in [5.74, 6) is -0.481. The molecule has 1 aromatic carbocycles. The molecule has 0 saturated heterocycles. The molecule has 0 unspecified atom stereocenters. The van der Waals surface area contributed by atoms with Gasteiger partial charge in [-0.2, -0.15) is 5.10 Å². The van der Waals surface area contributed by atoms with Crippen molar-refractivity contribution in [2.45, 2.75) is 0 Å². The highest BCUT2D eigenvalue weighted by atomic mass is 16.5. The van der Waals surface area contributed by atoms with Crippen molar-refractivity contribution in [3.05, 3.63) is 42.1 Å². The van der Waals surface area contributed by atoms with E-state index in [2.05, 4.69) is 10.2 Å². The van der Waals surface area contributed by atoms with E-state index >= 15 is 0 Å². The van der Waals surface area contributed by atoms with Gasteiger partial charge in [-0.05, 0) is 18.2 Å². The summed E-state index contributed by atoms with van der Waals surface area (Å²) < 4.78 is 10.5. The molecule has 18 heavy (non-hydrogen) atoms. The van der Waals surface area contributed by atoms with Crippen molar-refractivity contribution < 1.29 is 19.4 Å². The first-order chi connectivity index (χ1) is 8.72. The van der Waals surface area contributed by atoms with E-state index in [0.717, 1.165) is 0 Å². The van der Waals surface area contributed by atoms with Gasteiger partial charge in [-0.15, -0.1) is 5.10 Å². The maximum Gasteiger partial charge on any atom is 0.339 e. The fraction of sp³-hybridized carbons (Fsp3) is 0.0833. The Morgan fingerprint density at radius 3 is 2.72 bits per heavy atom. The van der Waals surface area contributed by atoms with Crippen LogP contribution < -0.4 is 9.47 Å². The van der Waals surface area contributed by atoms with E-state index in [1.165, 1.54) is 19.4 Å². The number of rotatable bonds is 4. The standard InChI is InChI=1S/C12H10N2O4/c1-17-9-5-2-4-8(12(15)16)11(9)18-10-6-3-7-13-14-10/h2-7H,1H3,(H,15,16). The van der Waals surface area contributed by atoms with Crippen LogP contribution in [0.4, 0.5) is 0 Å². The summed E-state index contributed by atoms with van der Waals surface area (Å²) in [4.78, 5) is 11.1. The van der Waals surface area contributed by atoms with Crippen LogP contribution >= 0.6 is 0 Å². The van der Waals surface area contributed by atoms with Crippen molar-refractivity contribution in [2.24, 2.45) is 0 Å². The minimum Gasteiger partial charge on any atom is -0.493 e. The average molecular weight is 246 g/mol. The molecule has 6 nitrogen and oxygen atoms in total. The molecule has 0 aliphatic carbocycles. The summed E-state index contributed by atoms with van der Waals surface area (Å²) in [7, 11) is 1.44. The predicted octanol–water partition coefficient (Wildman–Crippen LogP) is 1.98. The fourth-order valence-corrected chi connectivity index (χ4v) is 1.40. The summed E-state index contributed by atoms with van der Waals surface area (Å²) in [5, 5.41) is 16.5. The first-order valence-electron chi connectivity index (χ1n) is 5.08. The van der Waals surface area contributed by atoms with Crippen molar-refractivity contribution >= 4 is 5.97 Å². The number of aromatic carboxylic acids is 1. The van der Waals surface area contributed by atoms with Gasteiger partial charge >= 0.3 is 5.97 Å². The number of hydrogen-bond acceptors (Lipinski definition) is 5. The van der Waals surface area contributed by atoms with Crippen LogP contribution in [0.3, 0.4) is 0 Å². The first-order valence-corrected chi connectivity index (χ1v) is 5.08. The number of para-hydroxylation sites is 1. The van der Waals surface area contributed by atoms with Crippen LogP contribution in [0.15, 0.2) is 36.5 Å². The Morgan fingerprint density at radius 1 is 1.28 bits per heavy atom. The van der Waals surface area contributed by atoms with Gasteiger partial charge in [0.2, 0.25) is 5.88 Å². The zero-order chi connectivity index (χ0) is 13.0. The van der Waals surface area contributed by atoms with Gasteiger partial charge in [-0.1, -0.05) is 6.07 Å². The Balaban J connectivity index is 2.44. The fourth-order valence-electron chi connectivity index (χ4n) is 1.40. The maximum absolute atomic E-state index is 11.1. The van der Waals surface area contributed by atoms with Crippen molar-refractivity contribution in [2.75, 3.05) is 7.11 Å². The number of aromatic nitrogens is 2. The van der Waals surface area contributed by atoms with Crippen LogP contribution in [-0.4, -0.2) is 28.4 Å². The lowest BCUT2D eigenvalue weighted by atomic mass is 10.2. The number of carbonyl (C=O) groups is 1. The van der Waals surface area contributed by atoms with E-state index in [0.29, 0.717) is 5.75 Å². The molecule has 0 spiro atoms. The second-order valence-corrected chi connectivity index (χ2v) is 3.31. The van der Waals surface area contributed by atoms with Crippen LogP contribution in [0.2, 0.25) is 0 Å². The number of carboxylic acids is 1. The van der Waals surface area contributed by atoms with E-state index in [1.807, 2.05) is 0 Å². The molecule has 1 N–H and O–H groups in total. The zero-order valence-corrected chi connectivity index (χ0v) is 9.53. The van der Waals surface area contributed by atoms with Crippen LogP contribution in [0.1, 0.15) is 10.4 Å². The van der Waals surface area contributed by atoms with E-state index in [4.69, 9.17) is 14.6 Å². The highest BCUT2D eigenvalue weighted by Gasteiger charge is 2.17. The maximum atomic E-state index is 11.1. The lowest BCUT2D eigenvalue weighted by Gasteiger charge is -2.11. The first kappa shape index (κ1) is 11.8. The molecule has 0 bridgehead atoms. The van der Waals surface area contributed by atoms with Gasteiger partial charge in [-0.3, -0.25) is 0 Å². The summed E-state index contributed by atoms with van der Waals surface area (Å²) in [6.45, 7) is 0. The average Bonchev–Trinajstić information content (AvgIpc) is 2.40. The molecule has 0 fully saturated rings. The van der Waals surface area contributed by atoms with E-state index in [9.17, 15) is 4.79 Å². The lowest BCUT2D eigenvalue weighted by Crippen LogP contribution is -2.02.